The lowest BCUT2D eigenvalue weighted by molar-refractivity contribution is -0.116. The van der Waals surface area contributed by atoms with Crippen LogP contribution in [0.15, 0.2) is 48.7 Å². The fourth-order valence-electron chi connectivity index (χ4n) is 3.45. The highest BCUT2D eigenvalue weighted by molar-refractivity contribution is 6.15. The van der Waals surface area contributed by atoms with Crippen molar-refractivity contribution in [1.82, 2.24) is 4.57 Å². The summed E-state index contributed by atoms with van der Waals surface area (Å²) in [7, 11) is 2.02. The van der Waals surface area contributed by atoms with Crippen LogP contribution >= 0.6 is 0 Å². The molecule has 1 aliphatic rings. The van der Waals surface area contributed by atoms with Crippen molar-refractivity contribution in [2.75, 3.05) is 5.32 Å². The number of hydrogen-bond acceptors (Lipinski definition) is 4. The van der Waals surface area contributed by atoms with Crippen molar-refractivity contribution in [2.24, 2.45) is 7.05 Å². The zero-order valence-corrected chi connectivity index (χ0v) is 14.8. The predicted octanol–water partition coefficient (Wildman–Crippen LogP) is 3.45. The Labute approximate surface area is 155 Å². The number of carbonyl (C=O) groups is 3. The molecule has 2 aromatic carbocycles. The van der Waals surface area contributed by atoms with Crippen molar-refractivity contribution in [3.05, 3.63) is 65.4 Å². The summed E-state index contributed by atoms with van der Waals surface area (Å²) < 4.78 is 6.64. The molecule has 136 valence electrons. The van der Waals surface area contributed by atoms with Crippen LogP contribution in [0.3, 0.4) is 0 Å². The second kappa shape index (κ2) is 6.72. The molecule has 1 aromatic heterocycles. The third-order valence-electron chi connectivity index (χ3n) is 4.76. The number of amides is 1. The first-order valence-corrected chi connectivity index (χ1v) is 8.76. The number of carbonyl (C=O) groups excluding carboxylic acids is 3. The van der Waals surface area contributed by atoms with Crippen LogP contribution in [-0.2, 0) is 23.0 Å². The molecular weight excluding hydrogens is 344 g/mol. The second-order valence-electron chi connectivity index (χ2n) is 6.62. The number of nitrogens with zero attached hydrogens (tertiary/aromatic N) is 1. The molecule has 2 heterocycles. The van der Waals surface area contributed by atoms with Gasteiger partial charge in [0.05, 0.1) is 11.1 Å². The minimum atomic E-state index is -0.679. The van der Waals surface area contributed by atoms with Gasteiger partial charge in [-0.05, 0) is 42.7 Å². The maximum atomic E-state index is 12.2. The number of cyclic esters (lactones) is 2. The van der Waals surface area contributed by atoms with Gasteiger partial charge >= 0.3 is 11.9 Å². The normalized spacial score (nSPS) is 12.9. The molecule has 4 rings (SSSR count). The smallest absolute Gasteiger partial charge is 0.346 e. The minimum absolute atomic E-state index is 0.132. The number of para-hydroxylation sites is 1. The van der Waals surface area contributed by atoms with E-state index in [0.29, 0.717) is 18.5 Å². The lowest BCUT2D eigenvalue weighted by Crippen LogP contribution is -2.12. The van der Waals surface area contributed by atoms with E-state index in [4.69, 9.17) is 0 Å². The zero-order chi connectivity index (χ0) is 19.0. The topological polar surface area (TPSA) is 77.4 Å². The van der Waals surface area contributed by atoms with E-state index < -0.39 is 11.9 Å². The Balaban J connectivity index is 1.37. The number of anilines is 1. The molecule has 3 aromatic rings. The van der Waals surface area contributed by atoms with Gasteiger partial charge < -0.3 is 14.6 Å². The Morgan fingerprint density at radius 3 is 2.70 bits per heavy atom. The molecule has 0 bridgehead atoms. The standard InChI is InChI=1S/C21H18N2O4/c1-23-12-13(15-6-2-3-7-18(15)23)5-4-8-19(24)22-14-9-10-16-17(11-14)21(26)27-20(16)25/h2-3,6-7,9-12H,4-5,8H2,1H3,(H,22,24). The summed E-state index contributed by atoms with van der Waals surface area (Å²) in [6.07, 6.45) is 3.99. The highest BCUT2D eigenvalue weighted by Gasteiger charge is 2.29. The first-order valence-electron chi connectivity index (χ1n) is 8.76. The molecule has 0 aliphatic carbocycles. The number of esters is 2. The van der Waals surface area contributed by atoms with Crippen LogP contribution in [0.5, 0.6) is 0 Å². The molecule has 6 nitrogen and oxygen atoms in total. The van der Waals surface area contributed by atoms with Crippen LogP contribution in [0.4, 0.5) is 5.69 Å². The maximum absolute atomic E-state index is 12.2. The first kappa shape index (κ1) is 17.0. The second-order valence-corrected chi connectivity index (χ2v) is 6.62. The largest absolute Gasteiger partial charge is 0.386 e. The SMILES string of the molecule is Cn1cc(CCCC(=O)Nc2ccc3c(c2)C(=O)OC3=O)c2ccccc21. The van der Waals surface area contributed by atoms with Gasteiger partial charge in [0.25, 0.3) is 0 Å². The van der Waals surface area contributed by atoms with E-state index in [0.717, 1.165) is 6.42 Å². The molecule has 0 radical (unpaired) electrons. The highest BCUT2D eigenvalue weighted by Crippen LogP contribution is 2.24. The van der Waals surface area contributed by atoms with E-state index in [9.17, 15) is 14.4 Å². The van der Waals surface area contributed by atoms with Gasteiger partial charge in [0, 0.05) is 36.3 Å². The van der Waals surface area contributed by atoms with E-state index in [1.54, 1.807) is 6.07 Å². The summed E-state index contributed by atoms with van der Waals surface area (Å²) in [6, 6.07) is 12.8. The summed E-state index contributed by atoms with van der Waals surface area (Å²) in [5.74, 6) is -1.46. The summed E-state index contributed by atoms with van der Waals surface area (Å²) in [4.78, 5) is 35.3. The summed E-state index contributed by atoms with van der Waals surface area (Å²) in [6.45, 7) is 0. The van der Waals surface area contributed by atoms with Crippen molar-refractivity contribution >= 4 is 34.4 Å². The van der Waals surface area contributed by atoms with Gasteiger partial charge in [0.2, 0.25) is 5.91 Å². The molecule has 1 amide bonds. The molecule has 6 heteroatoms. The average molecular weight is 362 g/mol. The molecule has 0 unspecified atom stereocenters. The highest BCUT2D eigenvalue weighted by atomic mass is 16.6. The van der Waals surface area contributed by atoms with Crippen molar-refractivity contribution in [3.63, 3.8) is 0 Å². The number of hydrogen-bond donors (Lipinski definition) is 1. The summed E-state index contributed by atoms with van der Waals surface area (Å²) >= 11 is 0. The van der Waals surface area contributed by atoms with E-state index in [2.05, 4.69) is 33.0 Å². The van der Waals surface area contributed by atoms with E-state index >= 15 is 0 Å². The van der Waals surface area contributed by atoms with Crippen LogP contribution in [-0.4, -0.2) is 22.4 Å². The molecule has 27 heavy (non-hydrogen) atoms. The molecule has 0 spiro atoms. The number of nitrogens with one attached hydrogen (secondary N) is 1. The van der Waals surface area contributed by atoms with Gasteiger partial charge in [0.1, 0.15) is 0 Å². The summed E-state index contributed by atoms with van der Waals surface area (Å²) in [5.41, 5.74) is 3.30. The average Bonchev–Trinajstić information content (AvgIpc) is 3.12. The number of aryl methyl sites for hydroxylation is 2. The fourth-order valence-corrected chi connectivity index (χ4v) is 3.45. The fraction of sp³-hybridized carbons (Fsp3) is 0.190. The molecule has 0 saturated heterocycles. The number of fused-ring (bicyclic) bond motifs is 2. The quantitative estimate of drug-likeness (QED) is 0.557. The van der Waals surface area contributed by atoms with Crippen LogP contribution in [0, 0.1) is 0 Å². The first-order chi connectivity index (χ1) is 13.0. The van der Waals surface area contributed by atoms with Crippen molar-refractivity contribution in [2.45, 2.75) is 19.3 Å². The lowest BCUT2D eigenvalue weighted by atomic mass is 10.1. The third kappa shape index (κ3) is 3.21. The Bertz CT molecular complexity index is 1080. The minimum Gasteiger partial charge on any atom is -0.386 e. The van der Waals surface area contributed by atoms with E-state index in [-0.39, 0.29) is 17.0 Å². The van der Waals surface area contributed by atoms with Gasteiger partial charge in [-0.3, -0.25) is 4.79 Å². The molecular formula is C21H18N2O4. The van der Waals surface area contributed by atoms with Gasteiger partial charge in [-0.1, -0.05) is 18.2 Å². The van der Waals surface area contributed by atoms with E-state index in [1.807, 2.05) is 19.2 Å². The number of benzene rings is 2. The van der Waals surface area contributed by atoms with Gasteiger partial charge in [-0.25, -0.2) is 9.59 Å². The Kier molecular flexibility index (Phi) is 4.24. The Morgan fingerprint density at radius 2 is 1.85 bits per heavy atom. The van der Waals surface area contributed by atoms with Gasteiger partial charge in [0.15, 0.2) is 0 Å². The zero-order valence-electron chi connectivity index (χ0n) is 14.8. The molecule has 0 atom stereocenters. The van der Waals surface area contributed by atoms with E-state index in [1.165, 1.54) is 28.6 Å². The van der Waals surface area contributed by atoms with Crippen LogP contribution < -0.4 is 5.32 Å². The number of rotatable bonds is 5. The van der Waals surface area contributed by atoms with Gasteiger partial charge in [-0.2, -0.15) is 0 Å². The van der Waals surface area contributed by atoms with Crippen LogP contribution in [0.2, 0.25) is 0 Å². The Hall–Kier alpha value is -3.41. The molecule has 1 aliphatic heterocycles. The molecule has 1 N–H and O–H groups in total. The summed E-state index contributed by atoms with van der Waals surface area (Å²) in [5, 5.41) is 3.98. The monoisotopic (exact) mass is 362 g/mol. The lowest BCUT2D eigenvalue weighted by Gasteiger charge is -2.06. The molecule has 0 fully saturated rings. The molecule has 0 saturated carbocycles. The van der Waals surface area contributed by atoms with Crippen molar-refractivity contribution < 1.29 is 19.1 Å². The van der Waals surface area contributed by atoms with Crippen LogP contribution in [0.25, 0.3) is 10.9 Å². The van der Waals surface area contributed by atoms with Crippen molar-refractivity contribution in [3.8, 4) is 0 Å². The number of ether oxygens (including phenoxy) is 1. The Morgan fingerprint density at radius 1 is 1.07 bits per heavy atom. The maximum Gasteiger partial charge on any atom is 0.346 e. The van der Waals surface area contributed by atoms with Gasteiger partial charge in [-0.15, -0.1) is 0 Å². The number of aromatic nitrogens is 1. The third-order valence-corrected chi connectivity index (χ3v) is 4.76. The van der Waals surface area contributed by atoms with Crippen LogP contribution in [0.1, 0.15) is 39.1 Å². The van der Waals surface area contributed by atoms with Crippen molar-refractivity contribution in [1.29, 1.82) is 0 Å². The predicted molar refractivity (Wildman–Crippen MR) is 101 cm³/mol.